The molecule has 1 aliphatic heterocycles. The topological polar surface area (TPSA) is 66.6 Å². The minimum absolute atomic E-state index is 0.0167. The van der Waals surface area contributed by atoms with Gasteiger partial charge in [0.25, 0.3) is 0 Å². The third kappa shape index (κ3) is 4.29. The summed E-state index contributed by atoms with van der Waals surface area (Å²) in [6.07, 6.45) is 2.58. The van der Waals surface area contributed by atoms with E-state index in [0.717, 1.165) is 18.4 Å². The molecule has 1 saturated heterocycles. The van der Waals surface area contributed by atoms with Crippen molar-refractivity contribution in [3.05, 3.63) is 35.9 Å². The first-order valence-electron chi connectivity index (χ1n) is 7.39. The quantitative estimate of drug-likeness (QED) is 0.879. The number of hydrogen-bond acceptors (Lipinski definition) is 3. The Labute approximate surface area is 125 Å². The summed E-state index contributed by atoms with van der Waals surface area (Å²) in [6.45, 7) is 1.64. The molecular formula is C16H23N3O2. The van der Waals surface area contributed by atoms with Crippen LogP contribution in [-0.4, -0.2) is 47.8 Å². The van der Waals surface area contributed by atoms with Gasteiger partial charge in [0.1, 0.15) is 6.04 Å². The molecule has 0 aromatic heterocycles. The van der Waals surface area contributed by atoms with Crippen molar-refractivity contribution in [3.8, 4) is 0 Å². The van der Waals surface area contributed by atoms with Crippen molar-refractivity contribution in [2.75, 3.05) is 20.1 Å². The molecule has 0 saturated carbocycles. The third-order valence-electron chi connectivity index (χ3n) is 3.85. The van der Waals surface area contributed by atoms with E-state index in [1.165, 1.54) is 0 Å². The number of hydrogen-bond donors (Lipinski definition) is 1. The van der Waals surface area contributed by atoms with E-state index in [0.29, 0.717) is 26.1 Å². The molecule has 1 atom stereocenters. The van der Waals surface area contributed by atoms with Gasteiger partial charge in [-0.1, -0.05) is 30.3 Å². The lowest BCUT2D eigenvalue weighted by Crippen LogP contribution is -2.52. The lowest BCUT2D eigenvalue weighted by atomic mass is 10.0. The monoisotopic (exact) mass is 289 g/mol. The van der Waals surface area contributed by atoms with Gasteiger partial charge in [0, 0.05) is 13.1 Å². The van der Waals surface area contributed by atoms with E-state index >= 15 is 0 Å². The summed E-state index contributed by atoms with van der Waals surface area (Å²) in [4.78, 5) is 27.5. The molecule has 1 fully saturated rings. The average Bonchev–Trinajstić information content (AvgIpc) is 2.48. The number of piperidine rings is 1. The van der Waals surface area contributed by atoms with E-state index in [9.17, 15) is 9.59 Å². The molecule has 1 aromatic rings. The lowest BCUT2D eigenvalue weighted by molar-refractivity contribution is -0.141. The molecule has 2 amide bonds. The number of benzene rings is 1. The summed E-state index contributed by atoms with van der Waals surface area (Å²) >= 11 is 0. The highest BCUT2D eigenvalue weighted by Gasteiger charge is 2.30. The molecule has 1 aliphatic rings. The SMILES string of the molecule is CN(CC(=O)N1CCCCC1C(N)=O)Cc1ccccc1. The van der Waals surface area contributed by atoms with E-state index in [4.69, 9.17) is 5.73 Å². The van der Waals surface area contributed by atoms with E-state index < -0.39 is 11.9 Å². The Bertz CT molecular complexity index is 490. The molecular weight excluding hydrogens is 266 g/mol. The van der Waals surface area contributed by atoms with Gasteiger partial charge in [-0.2, -0.15) is 0 Å². The van der Waals surface area contributed by atoms with Crippen molar-refractivity contribution >= 4 is 11.8 Å². The number of nitrogens with zero attached hydrogens (tertiary/aromatic N) is 2. The van der Waals surface area contributed by atoms with Gasteiger partial charge in [-0.25, -0.2) is 0 Å². The Kier molecular flexibility index (Phi) is 5.33. The molecule has 0 radical (unpaired) electrons. The van der Waals surface area contributed by atoms with Crippen LogP contribution < -0.4 is 5.73 Å². The first-order chi connectivity index (χ1) is 10.1. The van der Waals surface area contributed by atoms with Crippen LogP contribution in [0, 0.1) is 0 Å². The van der Waals surface area contributed by atoms with Crippen molar-refractivity contribution in [1.29, 1.82) is 0 Å². The van der Waals surface area contributed by atoms with Crippen LogP contribution in [0.2, 0.25) is 0 Å². The second kappa shape index (κ2) is 7.22. The number of likely N-dealkylation sites (tertiary alicyclic amines) is 1. The molecule has 1 heterocycles. The van der Waals surface area contributed by atoms with Gasteiger partial charge in [0.15, 0.2) is 0 Å². The minimum Gasteiger partial charge on any atom is -0.368 e. The minimum atomic E-state index is -0.434. The van der Waals surface area contributed by atoms with E-state index in [1.807, 2.05) is 42.3 Å². The standard InChI is InChI=1S/C16H23N3O2/c1-18(11-13-7-3-2-4-8-13)12-15(20)19-10-6-5-9-14(19)16(17)21/h2-4,7-8,14H,5-6,9-12H2,1H3,(H2,17,21). The molecule has 0 spiro atoms. The Morgan fingerprint density at radius 2 is 2.00 bits per heavy atom. The van der Waals surface area contributed by atoms with Gasteiger partial charge < -0.3 is 10.6 Å². The van der Waals surface area contributed by atoms with Crippen LogP contribution in [0.4, 0.5) is 0 Å². The Morgan fingerprint density at radius 1 is 1.29 bits per heavy atom. The van der Waals surface area contributed by atoms with Crippen LogP contribution in [0.1, 0.15) is 24.8 Å². The van der Waals surface area contributed by atoms with Gasteiger partial charge in [0.2, 0.25) is 11.8 Å². The Balaban J connectivity index is 1.91. The zero-order valence-corrected chi connectivity index (χ0v) is 12.5. The second-order valence-corrected chi connectivity index (χ2v) is 5.66. The number of amides is 2. The molecule has 5 heteroatoms. The maximum Gasteiger partial charge on any atom is 0.240 e. The van der Waals surface area contributed by atoms with Crippen LogP contribution in [0.15, 0.2) is 30.3 Å². The van der Waals surface area contributed by atoms with Gasteiger partial charge >= 0.3 is 0 Å². The molecule has 0 bridgehead atoms. The van der Waals surface area contributed by atoms with E-state index in [2.05, 4.69) is 0 Å². The molecule has 114 valence electrons. The normalized spacial score (nSPS) is 18.8. The van der Waals surface area contributed by atoms with Gasteiger partial charge in [-0.15, -0.1) is 0 Å². The molecule has 1 aromatic carbocycles. The smallest absolute Gasteiger partial charge is 0.240 e. The molecule has 21 heavy (non-hydrogen) atoms. The maximum atomic E-state index is 12.4. The van der Waals surface area contributed by atoms with Crippen LogP contribution in [0.25, 0.3) is 0 Å². The first-order valence-corrected chi connectivity index (χ1v) is 7.39. The summed E-state index contributed by atoms with van der Waals surface area (Å²) < 4.78 is 0. The fourth-order valence-corrected chi connectivity index (χ4v) is 2.80. The fourth-order valence-electron chi connectivity index (χ4n) is 2.80. The molecule has 2 N–H and O–H groups in total. The van der Waals surface area contributed by atoms with Crippen molar-refractivity contribution < 1.29 is 9.59 Å². The Morgan fingerprint density at radius 3 is 2.67 bits per heavy atom. The van der Waals surface area contributed by atoms with E-state index in [1.54, 1.807) is 4.90 Å². The van der Waals surface area contributed by atoms with Crippen LogP contribution in [-0.2, 0) is 16.1 Å². The zero-order valence-electron chi connectivity index (χ0n) is 12.5. The predicted molar refractivity (Wildman–Crippen MR) is 81.3 cm³/mol. The van der Waals surface area contributed by atoms with Crippen LogP contribution in [0.5, 0.6) is 0 Å². The highest BCUT2D eigenvalue weighted by Crippen LogP contribution is 2.17. The average molecular weight is 289 g/mol. The first kappa shape index (κ1) is 15.5. The number of primary amides is 1. The summed E-state index contributed by atoms with van der Waals surface area (Å²) in [6, 6.07) is 9.58. The van der Waals surface area contributed by atoms with Crippen molar-refractivity contribution in [2.45, 2.75) is 31.8 Å². The highest BCUT2D eigenvalue weighted by molar-refractivity contribution is 5.87. The summed E-state index contributed by atoms with van der Waals surface area (Å²) in [5.74, 6) is -0.411. The number of carbonyl (C=O) groups is 2. The highest BCUT2D eigenvalue weighted by atomic mass is 16.2. The van der Waals surface area contributed by atoms with Crippen molar-refractivity contribution in [1.82, 2.24) is 9.80 Å². The number of rotatable bonds is 5. The number of nitrogens with two attached hydrogens (primary N) is 1. The van der Waals surface area contributed by atoms with Crippen LogP contribution in [0.3, 0.4) is 0 Å². The number of likely N-dealkylation sites (N-methyl/N-ethyl adjacent to an activating group) is 1. The second-order valence-electron chi connectivity index (χ2n) is 5.66. The van der Waals surface area contributed by atoms with E-state index in [-0.39, 0.29) is 5.91 Å². The zero-order chi connectivity index (χ0) is 15.2. The fraction of sp³-hybridized carbons (Fsp3) is 0.500. The van der Waals surface area contributed by atoms with Gasteiger partial charge in [0.05, 0.1) is 6.54 Å². The van der Waals surface area contributed by atoms with Gasteiger partial charge in [-0.05, 0) is 31.9 Å². The number of carbonyl (C=O) groups excluding carboxylic acids is 2. The Hall–Kier alpha value is -1.88. The van der Waals surface area contributed by atoms with Gasteiger partial charge in [-0.3, -0.25) is 14.5 Å². The molecule has 5 nitrogen and oxygen atoms in total. The lowest BCUT2D eigenvalue weighted by Gasteiger charge is -2.34. The largest absolute Gasteiger partial charge is 0.368 e. The van der Waals surface area contributed by atoms with Crippen molar-refractivity contribution in [2.24, 2.45) is 5.73 Å². The third-order valence-corrected chi connectivity index (χ3v) is 3.85. The molecule has 1 unspecified atom stereocenters. The molecule has 0 aliphatic carbocycles. The molecule has 2 rings (SSSR count). The van der Waals surface area contributed by atoms with Crippen LogP contribution >= 0.6 is 0 Å². The summed E-state index contributed by atoms with van der Waals surface area (Å²) in [5.41, 5.74) is 6.57. The van der Waals surface area contributed by atoms with Crippen molar-refractivity contribution in [3.63, 3.8) is 0 Å². The predicted octanol–water partition coefficient (Wildman–Crippen LogP) is 0.985. The summed E-state index contributed by atoms with van der Waals surface area (Å²) in [7, 11) is 1.91. The maximum absolute atomic E-state index is 12.4. The summed E-state index contributed by atoms with van der Waals surface area (Å²) in [5, 5.41) is 0.